The fraction of sp³-hybridized carbons (Fsp3) is 0.250. The van der Waals surface area contributed by atoms with Crippen LogP contribution in [0.4, 0.5) is 5.69 Å². The lowest BCUT2D eigenvalue weighted by Gasteiger charge is -2.15. The molecule has 1 aromatic rings. The molecule has 0 aliphatic carbocycles. The summed E-state index contributed by atoms with van der Waals surface area (Å²) in [5.74, 6) is -0.0117. The normalized spacial score (nSPS) is 17.1. The predicted octanol–water partition coefficient (Wildman–Crippen LogP) is 1.93. The molecule has 1 aliphatic rings. The monoisotopic (exact) mass is 202 g/mol. The third-order valence-electron chi connectivity index (χ3n) is 2.70. The van der Waals surface area contributed by atoms with E-state index < -0.39 is 0 Å². The van der Waals surface area contributed by atoms with Crippen molar-refractivity contribution in [3.63, 3.8) is 0 Å². The van der Waals surface area contributed by atoms with Gasteiger partial charge >= 0.3 is 0 Å². The van der Waals surface area contributed by atoms with Gasteiger partial charge in [0, 0.05) is 31.0 Å². The summed E-state index contributed by atoms with van der Waals surface area (Å²) >= 11 is 0. The van der Waals surface area contributed by atoms with Crippen LogP contribution in [0.25, 0.3) is 5.57 Å². The number of para-hydroxylation sites is 1. The van der Waals surface area contributed by atoms with Crippen LogP contribution in [0.5, 0.6) is 0 Å². The van der Waals surface area contributed by atoms with Gasteiger partial charge in [0.15, 0.2) is 0 Å². The first-order valence-electron chi connectivity index (χ1n) is 4.90. The SMILES string of the molecule is C/C(=C1\C(=O)Nc2ccccc21)N(C)C. The van der Waals surface area contributed by atoms with Crippen molar-refractivity contribution < 1.29 is 4.79 Å². The molecule has 1 aromatic carbocycles. The Morgan fingerprint density at radius 3 is 2.60 bits per heavy atom. The molecule has 0 aromatic heterocycles. The molecule has 1 N–H and O–H groups in total. The average Bonchev–Trinajstić information content (AvgIpc) is 2.52. The number of benzene rings is 1. The lowest BCUT2D eigenvalue weighted by molar-refractivity contribution is -0.110. The number of hydrogen-bond donors (Lipinski definition) is 1. The van der Waals surface area contributed by atoms with E-state index in [0.29, 0.717) is 0 Å². The number of carbonyl (C=O) groups is 1. The number of allylic oxidation sites excluding steroid dienone is 1. The number of amides is 1. The Balaban J connectivity index is 2.60. The van der Waals surface area contributed by atoms with Crippen molar-refractivity contribution >= 4 is 17.2 Å². The van der Waals surface area contributed by atoms with Crippen LogP contribution in [0.3, 0.4) is 0 Å². The van der Waals surface area contributed by atoms with E-state index in [1.165, 1.54) is 0 Å². The minimum absolute atomic E-state index is 0.0117. The number of nitrogens with one attached hydrogen (secondary N) is 1. The van der Waals surface area contributed by atoms with Gasteiger partial charge < -0.3 is 10.2 Å². The Morgan fingerprint density at radius 2 is 1.93 bits per heavy atom. The van der Waals surface area contributed by atoms with E-state index in [1.807, 2.05) is 50.2 Å². The molecule has 0 unspecified atom stereocenters. The molecule has 3 nitrogen and oxygen atoms in total. The maximum absolute atomic E-state index is 11.8. The van der Waals surface area contributed by atoms with Crippen LogP contribution in [0.15, 0.2) is 30.0 Å². The zero-order valence-electron chi connectivity index (χ0n) is 9.16. The van der Waals surface area contributed by atoms with Gasteiger partial charge in [0.1, 0.15) is 0 Å². The second-order valence-electron chi connectivity index (χ2n) is 3.85. The van der Waals surface area contributed by atoms with Crippen molar-refractivity contribution in [2.75, 3.05) is 19.4 Å². The highest BCUT2D eigenvalue weighted by atomic mass is 16.2. The third kappa shape index (κ3) is 1.50. The van der Waals surface area contributed by atoms with Gasteiger partial charge in [-0.15, -0.1) is 0 Å². The number of fused-ring (bicyclic) bond motifs is 1. The van der Waals surface area contributed by atoms with E-state index in [2.05, 4.69) is 5.32 Å². The van der Waals surface area contributed by atoms with Crippen LogP contribution in [0, 0.1) is 0 Å². The minimum atomic E-state index is -0.0117. The van der Waals surface area contributed by atoms with Crippen LogP contribution in [-0.2, 0) is 4.79 Å². The molecular formula is C12H14N2O. The first-order valence-corrected chi connectivity index (χ1v) is 4.90. The Bertz CT molecular complexity index is 447. The third-order valence-corrected chi connectivity index (χ3v) is 2.70. The zero-order valence-corrected chi connectivity index (χ0v) is 9.16. The predicted molar refractivity (Wildman–Crippen MR) is 61.4 cm³/mol. The summed E-state index contributed by atoms with van der Waals surface area (Å²) < 4.78 is 0. The van der Waals surface area contributed by atoms with Gasteiger partial charge in [-0.1, -0.05) is 18.2 Å². The Hall–Kier alpha value is -1.77. The Kier molecular flexibility index (Phi) is 2.23. The molecule has 1 aliphatic heterocycles. The summed E-state index contributed by atoms with van der Waals surface area (Å²) in [6.07, 6.45) is 0. The van der Waals surface area contributed by atoms with E-state index in [4.69, 9.17) is 0 Å². The van der Waals surface area contributed by atoms with E-state index >= 15 is 0 Å². The molecular weight excluding hydrogens is 188 g/mol. The van der Waals surface area contributed by atoms with Crippen LogP contribution in [0.2, 0.25) is 0 Å². The summed E-state index contributed by atoms with van der Waals surface area (Å²) in [4.78, 5) is 13.7. The number of nitrogens with zero attached hydrogens (tertiary/aromatic N) is 1. The van der Waals surface area contributed by atoms with Crippen molar-refractivity contribution in [3.8, 4) is 0 Å². The molecule has 0 spiro atoms. The van der Waals surface area contributed by atoms with Gasteiger partial charge in [-0.05, 0) is 13.0 Å². The molecule has 15 heavy (non-hydrogen) atoms. The summed E-state index contributed by atoms with van der Waals surface area (Å²) in [7, 11) is 3.88. The standard InChI is InChI=1S/C12H14N2O/c1-8(14(2)3)11-9-6-4-5-7-10(9)13-12(11)15/h4-7H,1-3H3,(H,13,15)/b11-8+. The molecule has 1 amide bonds. The summed E-state index contributed by atoms with van der Waals surface area (Å²) in [6, 6.07) is 7.76. The summed E-state index contributed by atoms with van der Waals surface area (Å²) in [6.45, 7) is 1.96. The highest BCUT2D eigenvalue weighted by Crippen LogP contribution is 2.33. The highest BCUT2D eigenvalue weighted by Gasteiger charge is 2.25. The fourth-order valence-electron chi connectivity index (χ4n) is 1.70. The highest BCUT2D eigenvalue weighted by molar-refractivity contribution is 6.32. The largest absolute Gasteiger partial charge is 0.381 e. The van der Waals surface area contributed by atoms with E-state index in [0.717, 1.165) is 22.5 Å². The molecule has 0 saturated heterocycles. The molecule has 3 heteroatoms. The van der Waals surface area contributed by atoms with Crippen molar-refractivity contribution in [1.82, 2.24) is 4.90 Å². The van der Waals surface area contributed by atoms with Crippen molar-refractivity contribution in [3.05, 3.63) is 35.5 Å². The van der Waals surface area contributed by atoms with E-state index in [9.17, 15) is 4.79 Å². The molecule has 1 heterocycles. The smallest absolute Gasteiger partial charge is 0.258 e. The van der Waals surface area contributed by atoms with Crippen LogP contribution in [0.1, 0.15) is 12.5 Å². The van der Waals surface area contributed by atoms with E-state index in [1.54, 1.807) is 0 Å². The van der Waals surface area contributed by atoms with Gasteiger partial charge in [0.2, 0.25) is 0 Å². The lowest BCUT2D eigenvalue weighted by Crippen LogP contribution is -2.14. The Morgan fingerprint density at radius 1 is 1.27 bits per heavy atom. The van der Waals surface area contributed by atoms with Gasteiger partial charge in [0.05, 0.1) is 5.57 Å². The van der Waals surface area contributed by atoms with Gasteiger partial charge in [-0.3, -0.25) is 4.79 Å². The average molecular weight is 202 g/mol. The van der Waals surface area contributed by atoms with Crippen molar-refractivity contribution in [2.24, 2.45) is 0 Å². The van der Waals surface area contributed by atoms with Crippen LogP contribution < -0.4 is 5.32 Å². The van der Waals surface area contributed by atoms with Gasteiger partial charge in [0.25, 0.3) is 5.91 Å². The number of anilines is 1. The molecule has 0 radical (unpaired) electrons. The van der Waals surface area contributed by atoms with Crippen LogP contribution >= 0.6 is 0 Å². The Labute approximate surface area is 89.4 Å². The maximum atomic E-state index is 11.8. The lowest BCUT2D eigenvalue weighted by atomic mass is 10.1. The molecule has 0 atom stereocenters. The number of carbonyl (C=O) groups excluding carboxylic acids is 1. The maximum Gasteiger partial charge on any atom is 0.258 e. The summed E-state index contributed by atoms with van der Waals surface area (Å²) in [5, 5.41) is 2.86. The minimum Gasteiger partial charge on any atom is -0.381 e. The molecule has 78 valence electrons. The first kappa shape index (κ1) is 9.77. The number of hydrogen-bond acceptors (Lipinski definition) is 2. The fourth-order valence-corrected chi connectivity index (χ4v) is 1.70. The molecule has 0 fully saturated rings. The van der Waals surface area contributed by atoms with E-state index in [-0.39, 0.29) is 5.91 Å². The zero-order chi connectivity index (χ0) is 11.0. The topological polar surface area (TPSA) is 32.3 Å². The molecule has 0 saturated carbocycles. The molecule has 0 bridgehead atoms. The van der Waals surface area contributed by atoms with Crippen molar-refractivity contribution in [2.45, 2.75) is 6.92 Å². The first-order chi connectivity index (χ1) is 7.11. The quantitative estimate of drug-likeness (QED) is 0.706. The van der Waals surface area contributed by atoms with Gasteiger partial charge in [-0.25, -0.2) is 0 Å². The van der Waals surface area contributed by atoms with Gasteiger partial charge in [-0.2, -0.15) is 0 Å². The molecule has 2 rings (SSSR count). The second kappa shape index (κ2) is 3.42. The summed E-state index contributed by atoms with van der Waals surface area (Å²) in [5.41, 5.74) is 3.65. The second-order valence-corrected chi connectivity index (χ2v) is 3.85. The van der Waals surface area contributed by atoms with Crippen molar-refractivity contribution in [1.29, 1.82) is 0 Å². The number of rotatable bonds is 1. The van der Waals surface area contributed by atoms with Crippen LogP contribution in [-0.4, -0.2) is 24.9 Å².